The molecule has 4 nitrogen and oxygen atoms in total. The largest absolute Gasteiger partial charge is 0.496 e. The van der Waals surface area contributed by atoms with Gasteiger partial charge in [-0.1, -0.05) is 12.1 Å². The van der Waals surface area contributed by atoms with E-state index in [0.29, 0.717) is 6.42 Å². The van der Waals surface area contributed by atoms with Crippen LogP contribution in [-0.4, -0.2) is 19.1 Å². The van der Waals surface area contributed by atoms with Gasteiger partial charge in [-0.15, -0.1) is 0 Å². The van der Waals surface area contributed by atoms with E-state index in [1.54, 1.807) is 7.11 Å². The molecule has 2 rings (SSSR count). The molecule has 1 aliphatic rings. The van der Waals surface area contributed by atoms with Crippen molar-refractivity contribution in [1.82, 2.24) is 5.32 Å². The molecule has 18 heavy (non-hydrogen) atoms. The molecular weight excluding hydrogens is 228 g/mol. The van der Waals surface area contributed by atoms with E-state index in [9.17, 15) is 4.79 Å². The fourth-order valence-electron chi connectivity index (χ4n) is 2.51. The second-order valence-electron chi connectivity index (χ2n) is 4.87. The van der Waals surface area contributed by atoms with Gasteiger partial charge in [-0.05, 0) is 37.0 Å². The monoisotopic (exact) mass is 248 g/mol. The van der Waals surface area contributed by atoms with Crippen LogP contribution in [0.3, 0.4) is 0 Å². The van der Waals surface area contributed by atoms with Gasteiger partial charge in [0.05, 0.1) is 13.2 Å². The molecule has 98 valence electrons. The highest BCUT2D eigenvalue weighted by molar-refractivity contribution is 5.77. The quantitative estimate of drug-likeness (QED) is 0.849. The SMILES string of the molecule is COc1cccc2c1CCC2NC(=O)CC(C)N. The lowest BCUT2D eigenvalue weighted by Gasteiger charge is -2.15. The smallest absolute Gasteiger partial charge is 0.222 e. The summed E-state index contributed by atoms with van der Waals surface area (Å²) in [5.41, 5.74) is 8.01. The molecule has 1 aromatic rings. The van der Waals surface area contributed by atoms with Crippen molar-refractivity contribution in [2.75, 3.05) is 7.11 Å². The van der Waals surface area contributed by atoms with Crippen molar-refractivity contribution in [2.24, 2.45) is 5.73 Å². The fraction of sp³-hybridized carbons (Fsp3) is 0.500. The van der Waals surface area contributed by atoms with Crippen molar-refractivity contribution in [3.05, 3.63) is 29.3 Å². The molecule has 1 amide bonds. The molecule has 0 aromatic heterocycles. The molecule has 0 saturated heterocycles. The number of ether oxygens (including phenoxy) is 1. The van der Waals surface area contributed by atoms with Crippen LogP contribution < -0.4 is 15.8 Å². The predicted octanol–water partition coefficient (Wildman–Crippen LogP) is 1.54. The van der Waals surface area contributed by atoms with Crippen LogP contribution in [-0.2, 0) is 11.2 Å². The Labute approximate surface area is 108 Å². The summed E-state index contributed by atoms with van der Waals surface area (Å²) in [7, 11) is 1.68. The van der Waals surface area contributed by atoms with E-state index in [2.05, 4.69) is 11.4 Å². The van der Waals surface area contributed by atoms with Crippen LogP contribution in [0.5, 0.6) is 5.75 Å². The van der Waals surface area contributed by atoms with Gasteiger partial charge in [0, 0.05) is 12.5 Å². The van der Waals surface area contributed by atoms with Gasteiger partial charge >= 0.3 is 0 Å². The first kappa shape index (κ1) is 12.9. The first-order valence-corrected chi connectivity index (χ1v) is 6.32. The van der Waals surface area contributed by atoms with E-state index >= 15 is 0 Å². The Morgan fingerprint density at radius 1 is 1.61 bits per heavy atom. The molecule has 3 N–H and O–H groups in total. The Morgan fingerprint density at radius 3 is 3.06 bits per heavy atom. The third-order valence-electron chi connectivity index (χ3n) is 3.29. The summed E-state index contributed by atoms with van der Waals surface area (Å²) in [6, 6.07) is 5.98. The lowest BCUT2D eigenvalue weighted by Crippen LogP contribution is -2.32. The van der Waals surface area contributed by atoms with Gasteiger partial charge in [-0.25, -0.2) is 0 Å². The summed E-state index contributed by atoms with van der Waals surface area (Å²) in [4.78, 5) is 11.8. The molecule has 0 aliphatic heterocycles. The standard InChI is InChI=1S/C14H20N2O2/c1-9(15)8-14(17)16-12-7-6-11-10(12)4-3-5-13(11)18-2/h3-5,9,12H,6-8,15H2,1-2H3,(H,16,17). The number of nitrogens with one attached hydrogen (secondary N) is 1. The Hall–Kier alpha value is -1.55. The number of hydrogen-bond acceptors (Lipinski definition) is 3. The fourth-order valence-corrected chi connectivity index (χ4v) is 2.51. The van der Waals surface area contributed by atoms with Crippen LogP contribution in [0, 0.1) is 0 Å². The number of hydrogen-bond donors (Lipinski definition) is 2. The van der Waals surface area contributed by atoms with Crippen LogP contribution in [0.2, 0.25) is 0 Å². The summed E-state index contributed by atoms with van der Waals surface area (Å²) in [6.45, 7) is 1.84. The summed E-state index contributed by atoms with van der Waals surface area (Å²) in [6.07, 6.45) is 2.25. The summed E-state index contributed by atoms with van der Waals surface area (Å²) < 4.78 is 5.34. The van der Waals surface area contributed by atoms with Crippen molar-refractivity contribution in [1.29, 1.82) is 0 Å². The molecule has 0 saturated carbocycles. The Kier molecular flexibility index (Phi) is 3.87. The zero-order chi connectivity index (χ0) is 13.1. The summed E-state index contributed by atoms with van der Waals surface area (Å²) in [5, 5.41) is 3.04. The number of amides is 1. The highest BCUT2D eigenvalue weighted by Gasteiger charge is 2.26. The van der Waals surface area contributed by atoms with Crippen LogP contribution in [0.25, 0.3) is 0 Å². The lowest BCUT2D eigenvalue weighted by atomic mass is 10.1. The minimum Gasteiger partial charge on any atom is -0.496 e. The Bertz CT molecular complexity index is 443. The molecule has 0 spiro atoms. The van der Waals surface area contributed by atoms with Gasteiger partial charge in [0.15, 0.2) is 0 Å². The van der Waals surface area contributed by atoms with E-state index in [0.717, 1.165) is 18.6 Å². The molecule has 0 radical (unpaired) electrons. The van der Waals surface area contributed by atoms with Gasteiger partial charge < -0.3 is 15.8 Å². The van der Waals surface area contributed by atoms with E-state index < -0.39 is 0 Å². The van der Waals surface area contributed by atoms with E-state index in [1.165, 1.54) is 11.1 Å². The van der Waals surface area contributed by atoms with Crippen molar-refractivity contribution < 1.29 is 9.53 Å². The molecule has 1 aliphatic carbocycles. The molecule has 4 heteroatoms. The van der Waals surface area contributed by atoms with Crippen LogP contribution in [0.4, 0.5) is 0 Å². The maximum atomic E-state index is 11.8. The highest BCUT2D eigenvalue weighted by atomic mass is 16.5. The van der Waals surface area contributed by atoms with Gasteiger partial charge in [-0.2, -0.15) is 0 Å². The van der Waals surface area contributed by atoms with E-state index in [1.807, 2.05) is 19.1 Å². The van der Waals surface area contributed by atoms with E-state index in [-0.39, 0.29) is 18.0 Å². The van der Waals surface area contributed by atoms with Crippen LogP contribution in [0.15, 0.2) is 18.2 Å². The Morgan fingerprint density at radius 2 is 2.39 bits per heavy atom. The van der Waals surface area contributed by atoms with Gasteiger partial charge in [0.2, 0.25) is 5.91 Å². The number of fused-ring (bicyclic) bond motifs is 1. The number of carbonyl (C=O) groups excluding carboxylic acids is 1. The molecular formula is C14H20N2O2. The number of carbonyl (C=O) groups is 1. The zero-order valence-electron chi connectivity index (χ0n) is 10.9. The number of benzene rings is 1. The summed E-state index contributed by atoms with van der Waals surface area (Å²) in [5.74, 6) is 0.933. The number of nitrogens with two attached hydrogens (primary N) is 1. The molecule has 0 fully saturated rings. The summed E-state index contributed by atoms with van der Waals surface area (Å²) >= 11 is 0. The predicted molar refractivity (Wildman–Crippen MR) is 70.5 cm³/mol. The van der Waals surface area contributed by atoms with Gasteiger partial charge in [0.25, 0.3) is 0 Å². The van der Waals surface area contributed by atoms with Crippen molar-refractivity contribution >= 4 is 5.91 Å². The average Bonchev–Trinajstić information content (AvgIpc) is 2.71. The first-order valence-electron chi connectivity index (χ1n) is 6.32. The van der Waals surface area contributed by atoms with E-state index in [4.69, 9.17) is 10.5 Å². The van der Waals surface area contributed by atoms with Crippen LogP contribution >= 0.6 is 0 Å². The van der Waals surface area contributed by atoms with Gasteiger partial charge in [-0.3, -0.25) is 4.79 Å². The zero-order valence-corrected chi connectivity index (χ0v) is 10.9. The minimum atomic E-state index is -0.101. The topological polar surface area (TPSA) is 64.3 Å². The van der Waals surface area contributed by atoms with Crippen molar-refractivity contribution in [3.63, 3.8) is 0 Å². The molecule has 2 unspecified atom stereocenters. The normalized spacial score (nSPS) is 19.2. The highest BCUT2D eigenvalue weighted by Crippen LogP contribution is 2.36. The van der Waals surface area contributed by atoms with Crippen molar-refractivity contribution in [2.45, 2.75) is 38.3 Å². The Balaban J connectivity index is 2.10. The molecule has 0 bridgehead atoms. The number of rotatable bonds is 4. The third kappa shape index (κ3) is 2.64. The second-order valence-corrected chi connectivity index (χ2v) is 4.87. The maximum Gasteiger partial charge on any atom is 0.222 e. The van der Waals surface area contributed by atoms with Crippen LogP contribution in [0.1, 0.15) is 36.9 Å². The number of methoxy groups -OCH3 is 1. The average molecular weight is 248 g/mol. The first-order chi connectivity index (χ1) is 8.61. The molecule has 2 atom stereocenters. The lowest BCUT2D eigenvalue weighted by molar-refractivity contribution is -0.122. The minimum absolute atomic E-state index is 0.0191. The van der Waals surface area contributed by atoms with Crippen molar-refractivity contribution in [3.8, 4) is 5.75 Å². The van der Waals surface area contributed by atoms with Gasteiger partial charge in [0.1, 0.15) is 5.75 Å². The third-order valence-corrected chi connectivity index (χ3v) is 3.29. The molecule has 0 heterocycles. The second kappa shape index (κ2) is 5.40. The maximum absolute atomic E-state index is 11.8. The molecule has 1 aromatic carbocycles.